The van der Waals surface area contributed by atoms with Crippen LogP contribution >= 0.6 is 0 Å². The molecule has 0 radical (unpaired) electrons. The molecule has 14 heavy (non-hydrogen) atoms. The monoisotopic (exact) mass is 192 g/mol. The molecule has 2 aliphatic carbocycles. The fraction of sp³-hybridized carbons (Fsp3) is 0.917. The summed E-state index contributed by atoms with van der Waals surface area (Å²) in [5, 5.41) is 3.55. The van der Waals surface area contributed by atoms with Crippen LogP contribution in [0.3, 0.4) is 0 Å². The minimum atomic E-state index is 0.993. The van der Waals surface area contributed by atoms with Crippen molar-refractivity contribution in [1.82, 2.24) is 5.32 Å². The highest BCUT2D eigenvalue weighted by molar-refractivity contribution is 5.82. The smallest absolute Gasteiger partial charge is 0.0963 e. The third kappa shape index (κ3) is 1.94. The average molecular weight is 192 g/mol. The molecule has 3 rings (SSSR count). The van der Waals surface area contributed by atoms with Crippen LogP contribution in [-0.4, -0.2) is 18.9 Å². The van der Waals surface area contributed by atoms with Gasteiger partial charge in [0.2, 0.25) is 0 Å². The van der Waals surface area contributed by atoms with E-state index in [1.165, 1.54) is 50.9 Å². The average Bonchev–Trinajstić information content (AvgIpc) is 3.09. The van der Waals surface area contributed by atoms with Crippen molar-refractivity contribution in [2.24, 2.45) is 22.7 Å². The Bertz CT molecular complexity index is 243. The molecule has 1 heterocycles. The maximum absolute atomic E-state index is 4.52. The van der Waals surface area contributed by atoms with Gasteiger partial charge in [0.05, 0.1) is 5.84 Å². The van der Waals surface area contributed by atoms with E-state index in [1.807, 2.05) is 0 Å². The Hall–Kier alpha value is -0.530. The van der Waals surface area contributed by atoms with Gasteiger partial charge < -0.3 is 5.32 Å². The van der Waals surface area contributed by atoms with Gasteiger partial charge in [-0.05, 0) is 49.9 Å². The van der Waals surface area contributed by atoms with E-state index in [9.17, 15) is 0 Å². The van der Waals surface area contributed by atoms with Gasteiger partial charge in [-0.3, -0.25) is 4.99 Å². The van der Waals surface area contributed by atoms with Crippen LogP contribution in [0.25, 0.3) is 0 Å². The van der Waals surface area contributed by atoms with Gasteiger partial charge in [0.15, 0.2) is 0 Å². The third-order valence-corrected chi connectivity index (χ3v) is 3.90. The first-order valence-corrected chi connectivity index (χ1v) is 6.20. The number of nitrogens with one attached hydrogen (secondary N) is 1. The zero-order valence-electron chi connectivity index (χ0n) is 8.84. The van der Waals surface area contributed by atoms with E-state index in [-0.39, 0.29) is 0 Å². The number of hydrogen-bond donors (Lipinski definition) is 1. The fourth-order valence-electron chi connectivity index (χ4n) is 2.70. The zero-order valence-corrected chi connectivity index (χ0v) is 8.84. The summed E-state index contributed by atoms with van der Waals surface area (Å²) >= 11 is 0. The minimum absolute atomic E-state index is 0.993. The van der Waals surface area contributed by atoms with E-state index in [0.717, 1.165) is 24.3 Å². The lowest BCUT2D eigenvalue weighted by atomic mass is 10.1. The van der Waals surface area contributed by atoms with Crippen molar-refractivity contribution < 1.29 is 0 Å². The molecule has 2 nitrogen and oxygen atoms in total. The van der Waals surface area contributed by atoms with Crippen LogP contribution in [0.15, 0.2) is 4.99 Å². The largest absolute Gasteiger partial charge is 0.374 e. The lowest BCUT2D eigenvalue weighted by Crippen LogP contribution is -2.28. The summed E-state index contributed by atoms with van der Waals surface area (Å²) in [7, 11) is 0. The van der Waals surface area contributed by atoms with Gasteiger partial charge in [-0.15, -0.1) is 0 Å². The standard InChI is InChI=1S/C12H20N2/c1-2-6-13-12(3-1)14-8-10-7-11(10)9-4-5-9/h9-11H,1-8H2,(H,13,14). The predicted molar refractivity (Wildman–Crippen MR) is 58.5 cm³/mol. The van der Waals surface area contributed by atoms with Gasteiger partial charge in [0.25, 0.3) is 0 Å². The summed E-state index contributed by atoms with van der Waals surface area (Å²) in [5.74, 6) is 4.49. The number of rotatable bonds is 3. The van der Waals surface area contributed by atoms with E-state index >= 15 is 0 Å². The van der Waals surface area contributed by atoms with Gasteiger partial charge in [-0.25, -0.2) is 0 Å². The topological polar surface area (TPSA) is 24.4 Å². The molecule has 0 saturated heterocycles. The van der Waals surface area contributed by atoms with Crippen molar-refractivity contribution in [3.8, 4) is 0 Å². The van der Waals surface area contributed by atoms with Crippen LogP contribution < -0.4 is 5.32 Å². The number of nitrogens with zero attached hydrogens (tertiary/aromatic N) is 1. The van der Waals surface area contributed by atoms with E-state index in [2.05, 4.69) is 10.3 Å². The van der Waals surface area contributed by atoms with Crippen LogP contribution in [0.2, 0.25) is 0 Å². The van der Waals surface area contributed by atoms with E-state index in [1.54, 1.807) is 0 Å². The van der Waals surface area contributed by atoms with E-state index < -0.39 is 0 Å². The SMILES string of the molecule is C1CCC(NCC2CC2C2CC2)=NC1. The molecule has 0 bridgehead atoms. The van der Waals surface area contributed by atoms with Crippen molar-refractivity contribution in [3.05, 3.63) is 0 Å². The van der Waals surface area contributed by atoms with E-state index in [0.29, 0.717) is 0 Å². The summed E-state index contributed by atoms with van der Waals surface area (Å²) in [6.07, 6.45) is 8.35. The fourth-order valence-corrected chi connectivity index (χ4v) is 2.70. The molecule has 78 valence electrons. The molecule has 2 atom stereocenters. The molecule has 2 unspecified atom stereocenters. The highest BCUT2D eigenvalue weighted by Gasteiger charge is 2.46. The second-order valence-corrected chi connectivity index (χ2v) is 5.16. The van der Waals surface area contributed by atoms with Crippen molar-refractivity contribution >= 4 is 5.84 Å². The van der Waals surface area contributed by atoms with Crippen LogP contribution in [0.4, 0.5) is 0 Å². The maximum atomic E-state index is 4.52. The van der Waals surface area contributed by atoms with Crippen molar-refractivity contribution in [2.75, 3.05) is 13.1 Å². The molecule has 1 N–H and O–H groups in total. The molecular weight excluding hydrogens is 172 g/mol. The number of hydrogen-bond acceptors (Lipinski definition) is 2. The Kier molecular flexibility index (Phi) is 2.22. The van der Waals surface area contributed by atoms with Gasteiger partial charge in [-0.2, -0.15) is 0 Å². The molecule has 2 heteroatoms. The van der Waals surface area contributed by atoms with Gasteiger partial charge >= 0.3 is 0 Å². The van der Waals surface area contributed by atoms with Gasteiger partial charge in [-0.1, -0.05) is 0 Å². The first-order chi connectivity index (χ1) is 6.93. The summed E-state index contributed by atoms with van der Waals surface area (Å²) in [4.78, 5) is 4.52. The van der Waals surface area contributed by atoms with Crippen molar-refractivity contribution in [3.63, 3.8) is 0 Å². The Balaban J connectivity index is 1.39. The molecule has 2 fully saturated rings. The molecule has 0 aromatic carbocycles. The second-order valence-electron chi connectivity index (χ2n) is 5.16. The lowest BCUT2D eigenvalue weighted by molar-refractivity contribution is 0.606. The molecular formula is C12H20N2. The van der Waals surface area contributed by atoms with Crippen LogP contribution in [0.1, 0.15) is 38.5 Å². The Labute approximate surface area is 86.2 Å². The minimum Gasteiger partial charge on any atom is -0.374 e. The zero-order chi connectivity index (χ0) is 9.38. The molecule has 0 amide bonds. The normalized spacial score (nSPS) is 36.4. The third-order valence-electron chi connectivity index (χ3n) is 3.90. The van der Waals surface area contributed by atoms with Crippen molar-refractivity contribution in [1.29, 1.82) is 0 Å². The van der Waals surface area contributed by atoms with Crippen LogP contribution in [0.5, 0.6) is 0 Å². The van der Waals surface area contributed by atoms with Gasteiger partial charge in [0, 0.05) is 19.5 Å². The van der Waals surface area contributed by atoms with Crippen LogP contribution in [0, 0.1) is 17.8 Å². The quantitative estimate of drug-likeness (QED) is 0.728. The molecule has 0 aromatic rings. The summed E-state index contributed by atoms with van der Waals surface area (Å²) < 4.78 is 0. The summed E-state index contributed by atoms with van der Waals surface area (Å²) in [6, 6.07) is 0. The van der Waals surface area contributed by atoms with Crippen LogP contribution in [-0.2, 0) is 0 Å². The molecule has 0 aromatic heterocycles. The Morgan fingerprint density at radius 2 is 2.21 bits per heavy atom. The number of aliphatic imine (C=N–C) groups is 1. The Morgan fingerprint density at radius 3 is 2.93 bits per heavy atom. The molecule has 0 spiro atoms. The predicted octanol–water partition coefficient (Wildman–Crippen LogP) is 2.20. The Morgan fingerprint density at radius 1 is 1.29 bits per heavy atom. The first-order valence-electron chi connectivity index (χ1n) is 6.20. The van der Waals surface area contributed by atoms with Crippen molar-refractivity contribution in [2.45, 2.75) is 38.5 Å². The molecule has 3 aliphatic rings. The van der Waals surface area contributed by atoms with E-state index in [4.69, 9.17) is 0 Å². The summed E-state index contributed by atoms with van der Waals surface area (Å²) in [5.41, 5.74) is 0. The first kappa shape index (κ1) is 8.75. The maximum Gasteiger partial charge on any atom is 0.0963 e. The second kappa shape index (κ2) is 3.56. The summed E-state index contributed by atoms with van der Waals surface area (Å²) in [6.45, 7) is 2.26. The highest BCUT2D eigenvalue weighted by atomic mass is 15.0. The number of amidine groups is 1. The lowest BCUT2D eigenvalue weighted by Gasteiger charge is -2.13. The van der Waals surface area contributed by atoms with Gasteiger partial charge in [0.1, 0.15) is 0 Å². The molecule has 1 aliphatic heterocycles. The highest BCUT2D eigenvalue weighted by Crippen LogP contribution is 2.53. The molecule has 2 saturated carbocycles.